The average Bonchev–Trinajstić information content (AvgIpc) is 2.58. The van der Waals surface area contributed by atoms with E-state index in [9.17, 15) is 14.7 Å². The number of carbonyl (C=O) groups excluding carboxylic acids is 1. The van der Waals surface area contributed by atoms with Crippen molar-refractivity contribution < 1.29 is 19.4 Å². The van der Waals surface area contributed by atoms with Crippen molar-refractivity contribution in [3.05, 3.63) is 29.3 Å². The van der Waals surface area contributed by atoms with Gasteiger partial charge in [-0.25, -0.2) is 0 Å². The van der Waals surface area contributed by atoms with E-state index in [-0.39, 0.29) is 12.0 Å². The number of nitrogens with one attached hydrogen (secondary N) is 2. The Balaban J connectivity index is 2.19. The maximum Gasteiger partial charge on any atom is 0.319 e. The summed E-state index contributed by atoms with van der Waals surface area (Å²) >= 11 is 0. The van der Waals surface area contributed by atoms with Crippen LogP contribution in [0.3, 0.4) is 0 Å². The number of hydrogen-bond donors (Lipinski definition) is 3. The van der Waals surface area contributed by atoms with Crippen LogP contribution in [0.15, 0.2) is 18.2 Å². The third-order valence-corrected chi connectivity index (χ3v) is 4.89. The number of carboxylic acids is 1. The van der Waals surface area contributed by atoms with Gasteiger partial charge in [0.2, 0.25) is 5.91 Å². The van der Waals surface area contributed by atoms with E-state index in [1.165, 1.54) is 0 Å². The Morgan fingerprint density at radius 1 is 1.28 bits per heavy atom. The summed E-state index contributed by atoms with van der Waals surface area (Å²) in [5, 5.41) is 15.5. The standard InChI is InChI=1S/C19H28N2O4/c1-18(2,3)14-5-6-15(25-4)13(11-14)12-21-16(22)19(17(23)24)7-9-20-10-8-19/h5-6,11,20H,7-10,12H2,1-4H3,(H,21,22)(H,23,24). The number of rotatable bonds is 5. The number of piperidine rings is 1. The van der Waals surface area contributed by atoms with Crippen LogP contribution in [0.2, 0.25) is 0 Å². The number of aliphatic carboxylic acids is 1. The minimum absolute atomic E-state index is 0.0254. The third-order valence-electron chi connectivity index (χ3n) is 4.89. The van der Waals surface area contributed by atoms with Crippen molar-refractivity contribution in [3.63, 3.8) is 0 Å². The minimum Gasteiger partial charge on any atom is -0.496 e. The molecule has 0 atom stereocenters. The first-order chi connectivity index (χ1) is 11.7. The van der Waals surface area contributed by atoms with Gasteiger partial charge in [-0.15, -0.1) is 0 Å². The molecule has 0 spiro atoms. The van der Waals surface area contributed by atoms with E-state index < -0.39 is 17.3 Å². The number of amides is 1. The average molecular weight is 348 g/mol. The molecule has 138 valence electrons. The number of carbonyl (C=O) groups is 2. The van der Waals surface area contributed by atoms with E-state index in [1.807, 2.05) is 18.2 Å². The van der Waals surface area contributed by atoms with Gasteiger partial charge < -0.3 is 20.5 Å². The van der Waals surface area contributed by atoms with Crippen LogP contribution >= 0.6 is 0 Å². The van der Waals surface area contributed by atoms with E-state index in [2.05, 4.69) is 31.4 Å². The molecule has 0 unspecified atom stereocenters. The van der Waals surface area contributed by atoms with Crippen molar-refractivity contribution >= 4 is 11.9 Å². The molecule has 0 bridgehead atoms. The molecule has 1 aromatic rings. The Hall–Kier alpha value is -2.08. The largest absolute Gasteiger partial charge is 0.496 e. The van der Waals surface area contributed by atoms with Gasteiger partial charge >= 0.3 is 5.97 Å². The summed E-state index contributed by atoms with van der Waals surface area (Å²) in [7, 11) is 1.59. The molecule has 0 aromatic heterocycles. The topological polar surface area (TPSA) is 87.7 Å². The molecule has 1 fully saturated rings. The second kappa shape index (κ2) is 7.44. The molecule has 1 heterocycles. The smallest absolute Gasteiger partial charge is 0.319 e. The highest BCUT2D eigenvalue weighted by Gasteiger charge is 2.46. The highest BCUT2D eigenvalue weighted by atomic mass is 16.5. The van der Waals surface area contributed by atoms with Gasteiger partial charge in [0, 0.05) is 12.1 Å². The molecule has 6 heteroatoms. The molecule has 1 aliphatic heterocycles. The molecule has 0 radical (unpaired) electrons. The lowest BCUT2D eigenvalue weighted by atomic mass is 9.78. The van der Waals surface area contributed by atoms with Gasteiger partial charge in [0.25, 0.3) is 0 Å². The quantitative estimate of drug-likeness (QED) is 0.709. The normalized spacial score (nSPS) is 17.0. The predicted octanol–water partition coefficient (Wildman–Crippen LogP) is 2.06. The zero-order valence-corrected chi connectivity index (χ0v) is 15.4. The summed E-state index contributed by atoms with van der Waals surface area (Å²) in [6, 6.07) is 5.91. The maximum absolute atomic E-state index is 12.7. The van der Waals surface area contributed by atoms with Crippen LogP contribution in [0.1, 0.15) is 44.7 Å². The first kappa shape index (κ1) is 19.2. The summed E-state index contributed by atoms with van der Waals surface area (Å²) < 4.78 is 5.39. The lowest BCUT2D eigenvalue weighted by Gasteiger charge is -2.32. The molecule has 0 saturated carbocycles. The SMILES string of the molecule is COc1ccc(C(C)(C)C)cc1CNC(=O)C1(C(=O)O)CCNCC1. The lowest BCUT2D eigenvalue weighted by molar-refractivity contribution is -0.157. The zero-order chi connectivity index (χ0) is 18.7. The number of methoxy groups -OCH3 is 1. The Morgan fingerprint density at radius 2 is 1.92 bits per heavy atom. The molecular weight excluding hydrogens is 320 g/mol. The summed E-state index contributed by atoms with van der Waals surface area (Å²) in [5.41, 5.74) is 0.604. The molecule has 25 heavy (non-hydrogen) atoms. The van der Waals surface area contributed by atoms with Gasteiger partial charge in [-0.3, -0.25) is 9.59 Å². The molecule has 3 N–H and O–H groups in total. The Morgan fingerprint density at radius 3 is 2.44 bits per heavy atom. The van der Waals surface area contributed by atoms with Crippen LogP contribution in [-0.4, -0.2) is 37.2 Å². The Labute approximate surface area is 149 Å². The molecular formula is C19H28N2O4. The van der Waals surface area contributed by atoms with Crippen LogP contribution in [0, 0.1) is 5.41 Å². The lowest BCUT2D eigenvalue weighted by Crippen LogP contribution is -2.52. The Kier molecular flexibility index (Phi) is 5.72. The number of carboxylic acid groups (broad SMARTS) is 1. The fourth-order valence-corrected chi connectivity index (χ4v) is 3.12. The van der Waals surface area contributed by atoms with Crippen molar-refractivity contribution in [1.82, 2.24) is 10.6 Å². The predicted molar refractivity (Wildman–Crippen MR) is 95.7 cm³/mol. The number of benzene rings is 1. The minimum atomic E-state index is -1.35. The van der Waals surface area contributed by atoms with Gasteiger partial charge in [-0.2, -0.15) is 0 Å². The van der Waals surface area contributed by atoms with Crippen molar-refractivity contribution in [2.24, 2.45) is 5.41 Å². The first-order valence-corrected chi connectivity index (χ1v) is 8.60. The van der Waals surface area contributed by atoms with Crippen LogP contribution in [-0.2, 0) is 21.5 Å². The van der Waals surface area contributed by atoms with Crippen molar-refractivity contribution in [2.75, 3.05) is 20.2 Å². The monoisotopic (exact) mass is 348 g/mol. The second-order valence-electron chi connectivity index (χ2n) is 7.60. The zero-order valence-electron chi connectivity index (χ0n) is 15.4. The number of ether oxygens (including phenoxy) is 1. The fourth-order valence-electron chi connectivity index (χ4n) is 3.12. The van der Waals surface area contributed by atoms with Crippen molar-refractivity contribution in [2.45, 2.75) is 45.6 Å². The molecule has 1 amide bonds. The van der Waals surface area contributed by atoms with Crippen LogP contribution in [0.4, 0.5) is 0 Å². The fraction of sp³-hybridized carbons (Fsp3) is 0.579. The van der Waals surface area contributed by atoms with Gasteiger partial charge in [0.05, 0.1) is 7.11 Å². The van der Waals surface area contributed by atoms with E-state index in [1.54, 1.807) is 7.11 Å². The van der Waals surface area contributed by atoms with Gasteiger partial charge in [-0.1, -0.05) is 26.8 Å². The van der Waals surface area contributed by atoms with Crippen molar-refractivity contribution in [3.8, 4) is 5.75 Å². The van der Waals surface area contributed by atoms with Gasteiger partial charge in [-0.05, 0) is 49.0 Å². The highest BCUT2D eigenvalue weighted by Crippen LogP contribution is 2.31. The van der Waals surface area contributed by atoms with Gasteiger partial charge in [0.15, 0.2) is 0 Å². The molecule has 1 saturated heterocycles. The van der Waals surface area contributed by atoms with E-state index in [0.717, 1.165) is 11.1 Å². The van der Waals surface area contributed by atoms with Gasteiger partial charge in [0.1, 0.15) is 11.2 Å². The third kappa shape index (κ3) is 4.12. The van der Waals surface area contributed by atoms with Crippen molar-refractivity contribution in [1.29, 1.82) is 0 Å². The summed E-state index contributed by atoms with van der Waals surface area (Å²) in [5.74, 6) is -0.797. The summed E-state index contributed by atoms with van der Waals surface area (Å²) in [6.45, 7) is 7.66. The first-order valence-electron chi connectivity index (χ1n) is 8.60. The van der Waals surface area contributed by atoms with E-state index in [4.69, 9.17) is 4.74 Å². The second-order valence-corrected chi connectivity index (χ2v) is 7.60. The van der Waals surface area contributed by atoms with Crippen LogP contribution in [0.25, 0.3) is 0 Å². The molecule has 2 rings (SSSR count). The van der Waals surface area contributed by atoms with Crippen LogP contribution in [0.5, 0.6) is 5.75 Å². The molecule has 1 aromatic carbocycles. The molecule has 0 aliphatic carbocycles. The molecule has 6 nitrogen and oxygen atoms in total. The Bertz CT molecular complexity index is 643. The van der Waals surface area contributed by atoms with Crippen LogP contribution < -0.4 is 15.4 Å². The summed E-state index contributed by atoms with van der Waals surface area (Å²) in [6.07, 6.45) is 0.598. The maximum atomic E-state index is 12.7. The van der Waals surface area contributed by atoms with E-state index in [0.29, 0.717) is 31.7 Å². The van der Waals surface area contributed by atoms with E-state index >= 15 is 0 Å². The summed E-state index contributed by atoms with van der Waals surface area (Å²) in [4.78, 5) is 24.4. The highest BCUT2D eigenvalue weighted by molar-refractivity contribution is 6.02. The molecule has 1 aliphatic rings. The number of hydrogen-bond acceptors (Lipinski definition) is 4.